The summed E-state index contributed by atoms with van der Waals surface area (Å²) in [6, 6.07) is 3.40. The van der Waals surface area contributed by atoms with Crippen LogP contribution in [0.2, 0.25) is 0 Å². The van der Waals surface area contributed by atoms with Crippen molar-refractivity contribution in [3.05, 3.63) is 41.7 Å². The molecule has 0 spiro atoms. The van der Waals surface area contributed by atoms with Gasteiger partial charge in [-0.05, 0) is 12.1 Å². The first-order chi connectivity index (χ1) is 9.08. The van der Waals surface area contributed by atoms with E-state index in [0.717, 1.165) is 11.9 Å². The van der Waals surface area contributed by atoms with Crippen LogP contribution in [-0.4, -0.2) is 32.3 Å². The van der Waals surface area contributed by atoms with Gasteiger partial charge in [0.15, 0.2) is 0 Å². The Balaban J connectivity index is 1.93. The number of benzene rings is 1. The Morgan fingerprint density at radius 3 is 2.95 bits per heavy atom. The number of phenolic OH excluding ortho intramolecular Hbond substituents is 1. The van der Waals surface area contributed by atoms with Crippen molar-refractivity contribution in [2.75, 3.05) is 6.54 Å². The molecule has 100 valence electrons. The highest BCUT2D eigenvalue weighted by molar-refractivity contribution is 5.94. The van der Waals surface area contributed by atoms with Crippen LogP contribution in [0.3, 0.4) is 0 Å². The molecule has 0 unspecified atom stereocenters. The average Bonchev–Trinajstić information content (AvgIpc) is 2.75. The molecule has 0 saturated carbocycles. The SMILES string of the molecule is Cn1ncnc1CCNC(=O)c1ccc(O)cc1F. The van der Waals surface area contributed by atoms with Gasteiger partial charge in [-0.25, -0.2) is 9.37 Å². The number of rotatable bonds is 4. The number of carbonyl (C=O) groups excluding carboxylic acids is 1. The first-order valence-electron chi connectivity index (χ1n) is 5.67. The van der Waals surface area contributed by atoms with Crippen LogP contribution in [0, 0.1) is 5.82 Å². The molecule has 6 nitrogen and oxygen atoms in total. The van der Waals surface area contributed by atoms with E-state index < -0.39 is 11.7 Å². The number of phenols is 1. The maximum atomic E-state index is 13.4. The number of hydrogen-bond acceptors (Lipinski definition) is 4. The molecule has 2 rings (SSSR count). The summed E-state index contributed by atoms with van der Waals surface area (Å²) in [5.41, 5.74) is -0.101. The van der Waals surface area contributed by atoms with Gasteiger partial charge in [-0.2, -0.15) is 5.10 Å². The number of hydrogen-bond donors (Lipinski definition) is 2. The van der Waals surface area contributed by atoms with Crippen molar-refractivity contribution in [3.8, 4) is 5.75 Å². The summed E-state index contributed by atoms with van der Waals surface area (Å²) in [5, 5.41) is 15.5. The van der Waals surface area contributed by atoms with Gasteiger partial charge in [0.2, 0.25) is 0 Å². The van der Waals surface area contributed by atoms with Gasteiger partial charge < -0.3 is 10.4 Å². The Bertz CT molecular complexity index is 597. The van der Waals surface area contributed by atoms with Gasteiger partial charge >= 0.3 is 0 Å². The van der Waals surface area contributed by atoms with Crippen LogP contribution in [0.5, 0.6) is 5.75 Å². The number of aryl methyl sites for hydroxylation is 1. The van der Waals surface area contributed by atoms with Gasteiger partial charge in [0, 0.05) is 26.1 Å². The fraction of sp³-hybridized carbons (Fsp3) is 0.250. The third kappa shape index (κ3) is 3.06. The number of aromatic hydroxyl groups is 1. The lowest BCUT2D eigenvalue weighted by Crippen LogP contribution is -2.27. The first kappa shape index (κ1) is 13.0. The van der Waals surface area contributed by atoms with Gasteiger partial charge in [0.1, 0.15) is 23.7 Å². The molecule has 0 aliphatic carbocycles. The highest BCUT2D eigenvalue weighted by Crippen LogP contribution is 2.14. The van der Waals surface area contributed by atoms with Gasteiger partial charge in [-0.15, -0.1) is 0 Å². The Labute approximate surface area is 108 Å². The Kier molecular flexibility index (Phi) is 3.74. The van der Waals surface area contributed by atoms with Crippen molar-refractivity contribution < 1.29 is 14.3 Å². The summed E-state index contributed by atoms with van der Waals surface area (Å²) in [4.78, 5) is 15.7. The number of halogens is 1. The molecule has 0 atom stereocenters. The number of aromatic nitrogens is 3. The van der Waals surface area contributed by atoms with E-state index in [4.69, 9.17) is 5.11 Å². The molecule has 0 aliphatic heterocycles. The molecule has 0 bridgehead atoms. The second-order valence-corrected chi connectivity index (χ2v) is 3.97. The zero-order valence-electron chi connectivity index (χ0n) is 10.3. The van der Waals surface area contributed by atoms with Gasteiger partial charge in [0.05, 0.1) is 5.56 Å². The number of nitrogens with one attached hydrogen (secondary N) is 1. The van der Waals surface area contributed by atoms with Crippen molar-refractivity contribution in [1.29, 1.82) is 0 Å². The lowest BCUT2D eigenvalue weighted by molar-refractivity contribution is 0.0950. The molecular weight excluding hydrogens is 251 g/mol. The molecule has 1 aromatic carbocycles. The quantitative estimate of drug-likeness (QED) is 0.849. The Morgan fingerprint density at radius 1 is 1.53 bits per heavy atom. The molecule has 1 heterocycles. The minimum Gasteiger partial charge on any atom is -0.508 e. The van der Waals surface area contributed by atoms with Crippen molar-refractivity contribution >= 4 is 5.91 Å². The monoisotopic (exact) mass is 264 g/mol. The summed E-state index contributed by atoms with van der Waals surface area (Å²) in [6.07, 6.45) is 1.93. The van der Waals surface area contributed by atoms with E-state index in [-0.39, 0.29) is 11.3 Å². The van der Waals surface area contributed by atoms with Gasteiger partial charge in [-0.1, -0.05) is 0 Å². The minimum absolute atomic E-state index is 0.101. The summed E-state index contributed by atoms with van der Waals surface area (Å²) in [7, 11) is 1.75. The van der Waals surface area contributed by atoms with Crippen LogP contribution in [0.25, 0.3) is 0 Å². The normalized spacial score (nSPS) is 10.4. The topological polar surface area (TPSA) is 80.0 Å². The summed E-state index contributed by atoms with van der Waals surface area (Å²) in [5.74, 6) is -0.768. The van der Waals surface area contributed by atoms with E-state index in [1.165, 1.54) is 18.5 Å². The zero-order chi connectivity index (χ0) is 13.8. The van der Waals surface area contributed by atoms with Crippen molar-refractivity contribution in [1.82, 2.24) is 20.1 Å². The molecule has 19 heavy (non-hydrogen) atoms. The van der Waals surface area contributed by atoms with Crippen molar-refractivity contribution in [2.45, 2.75) is 6.42 Å². The minimum atomic E-state index is -0.754. The summed E-state index contributed by atoms with van der Waals surface area (Å²) >= 11 is 0. The Hall–Kier alpha value is -2.44. The zero-order valence-corrected chi connectivity index (χ0v) is 10.3. The highest BCUT2D eigenvalue weighted by Gasteiger charge is 2.12. The van der Waals surface area contributed by atoms with Crippen LogP contribution >= 0.6 is 0 Å². The predicted octanol–water partition coefficient (Wildman–Crippen LogP) is 0.632. The second-order valence-electron chi connectivity index (χ2n) is 3.97. The molecule has 0 aliphatic rings. The van der Waals surface area contributed by atoms with Crippen LogP contribution in [0.15, 0.2) is 24.5 Å². The lowest BCUT2D eigenvalue weighted by atomic mass is 10.2. The van der Waals surface area contributed by atoms with E-state index in [9.17, 15) is 9.18 Å². The second kappa shape index (κ2) is 5.47. The van der Waals surface area contributed by atoms with Crippen LogP contribution in [0.4, 0.5) is 4.39 Å². The third-order valence-electron chi connectivity index (χ3n) is 2.64. The standard InChI is InChI=1S/C12H13FN4O2/c1-17-11(15-7-16-17)4-5-14-12(19)9-3-2-8(18)6-10(9)13/h2-3,6-7,18H,4-5H2,1H3,(H,14,19). The first-order valence-corrected chi connectivity index (χ1v) is 5.67. The fourth-order valence-corrected chi connectivity index (χ4v) is 1.62. The number of nitrogens with zero attached hydrogens (tertiary/aromatic N) is 3. The molecule has 2 aromatic rings. The Morgan fingerprint density at radius 2 is 2.32 bits per heavy atom. The van der Waals surface area contributed by atoms with E-state index in [0.29, 0.717) is 13.0 Å². The molecule has 1 amide bonds. The molecular formula is C12H13FN4O2. The average molecular weight is 264 g/mol. The van der Waals surface area contributed by atoms with E-state index in [1.54, 1.807) is 11.7 Å². The molecule has 0 saturated heterocycles. The van der Waals surface area contributed by atoms with E-state index in [1.807, 2.05) is 0 Å². The van der Waals surface area contributed by atoms with Crippen LogP contribution in [-0.2, 0) is 13.5 Å². The molecule has 0 radical (unpaired) electrons. The van der Waals surface area contributed by atoms with Crippen LogP contribution in [0.1, 0.15) is 16.2 Å². The number of carbonyl (C=O) groups is 1. The number of amides is 1. The van der Waals surface area contributed by atoms with E-state index in [2.05, 4.69) is 15.4 Å². The summed E-state index contributed by atoms with van der Waals surface area (Å²) < 4.78 is 15.0. The largest absolute Gasteiger partial charge is 0.508 e. The predicted molar refractivity (Wildman–Crippen MR) is 65.1 cm³/mol. The van der Waals surface area contributed by atoms with E-state index >= 15 is 0 Å². The van der Waals surface area contributed by atoms with Gasteiger partial charge in [-0.3, -0.25) is 9.48 Å². The maximum Gasteiger partial charge on any atom is 0.254 e. The highest BCUT2D eigenvalue weighted by atomic mass is 19.1. The van der Waals surface area contributed by atoms with Gasteiger partial charge in [0.25, 0.3) is 5.91 Å². The smallest absolute Gasteiger partial charge is 0.254 e. The van der Waals surface area contributed by atoms with Crippen LogP contribution < -0.4 is 5.32 Å². The maximum absolute atomic E-state index is 13.4. The fourth-order valence-electron chi connectivity index (χ4n) is 1.62. The molecule has 7 heteroatoms. The summed E-state index contributed by atoms with van der Waals surface area (Å²) in [6.45, 7) is 0.325. The molecule has 0 fully saturated rings. The van der Waals surface area contributed by atoms with Crippen molar-refractivity contribution in [3.63, 3.8) is 0 Å². The van der Waals surface area contributed by atoms with Crippen molar-refractivity contribution in [2.24, 2.45) is 7.05 Å². The molecule has 2 N–H and O–H groups in total. The molecule has 1 aromatic heterocycles. The third-order valence-corrected chi connectivity index (χ3v) is 2.64. The lowest BCUT2D eigenvalue weighted by Gasteiger charge is -2.06.